The minimum atomic E-state index is -0.373. The van der Waals surface area contributed by atoms with E-state index in [1.807, 2.05) is 0 Å². The highest BCUT2D eigenvalue weighted by Gasteiger charge is 2.33. The van der Waals surface area contributed by atoms with E-state index in [9.17, 15) is 10.1 Å². The summed E-state index contributed by atoms with van der Waals surface area (Å²) in [6.45, 7) is 0.554. The Morgan fingerprint density at radius 3 is 2.76 bits per heavy atom. The first-order valence-electron chi connectivity index (χ1n) is 7.16. The number of nitrogens with two attached hydrogens (primary N) is 1. The first kappa shape index (κ1) is 13.8. The van der Waals surface area contributed by atoms with Gasteiger partial charge in [0.05, 0.1) is 16.0 Å². The highest BCUT2D eigenvalue weighted by Crippen LogP contribution is 2.36. The summed E-state index contributed by atoms with van der Waals surface area (Å²) in [6, 6.07) is 6.72. The van der Waals surface area contributed by atoms with Gasteiger partial charge >= 0.3 is 0 Å². The summed E-state index contributed by atoms with van der Waals surface area (Å²) in [6.07, 6.45) is 6.01. The lowest BCUT2D eigenvalue weighted by Crippen LogP contribution is -2.42. The third kappa shape index (κ3) is 2.42. The monoisotopic (exact) mass is 286 g/mol. The Hall–Kier alpha value is -2.21. The minimum Gasteiger partial charge on any atom is -0.377 e. The van der Waals surface area contributed by atoms with Crippen LogP contribution in [0.1, 0.15) is 25.7 Å². The second-order valence-corrected chi connectivity index (χ2v) is 5.61. The van der Waals surface area contributed by atoms with Crippen LogP contribution in [0.3, 0.4) is 0 Å². The van der Waals surface area contributed by atoms with Crippen LogP contribution >= 0.6 is 0 Å². The molecule has 6 heteroatoms. The van der Waals surface area contributed by atoms with Gasteiger partial charge in [-0.2, -0.15) is 0 Å². The minimum absolute atomic E-state index is 0.0804. The number of fused-ring (bicyclic) bond motifs is 1. The van der Waals surface area contributed by atoms with E-state index in [1.165, 1.54) is 6.07 Å². The SMILES string of the molecule is NCC1(Nc2ccc([N+](=O)[O-])c3cccnc23)CCCC1. The topological polar surface area (TPSA) is 94.1 Å². The standard InChI is InChI=1S/C15H18N4O2/c16-10-15(7-1-2-8-15)18-12-5-6-13(19(20)21)11-4-3-9-17-14(11)12/h3-6,9,18H,1-2,7-8,10,16H2. The average molecular weight is 286 g/mol. The molecule has 1 aromatic carbocycles. The van der Waals surface area contributed by atoms with Crippen molar-refractivity contribution in [2.24, 2.45) is 5.73 Å². The molecule has 0 spiro atoms. The Balaban J connectivity index is 2.07. The van der Waals surface area contributed by atoms with Crippen molar-refractivity contribution < 1.29 is 4.92 Å². The summed E-state index contributed by atoms with van der Waals surface area (Å²) in [5.41, 5.74) is 7.37. The Morgan fingerprint density at radius 1 is 1.33 bits per heavy atom. The van der Waals surface area contributed by atoms with E-state index in [2.05, 4.69) is 10.3 Å². The van der Waals surface area contributed by atoms with Crippen molar-refractivity contribution in [1.29, 1.82) is 0 Å². The zero-order valence-corrected chi connectivity index (χ0v) is 11.7. The van der Waals surface area contributed by atoms with Gasteiger partial charge in [0.1, 0.15) is 5.52 Å². The Kier molecular flexibility index (Phi) is 3.47. The summed E-state index contributed by atoms with van der Waals surface area (Å²) >= 11 is 0. The smallest absolute Gasteiger partial charge is 0.278 e. The highest BCUT2D eigenvalue weighted by molar-refractivity contribution is 5.96. The number of non-ortho nitro benzene ring substituents is 1. The van der Waals surface area contributed by atoms with Gasteiger partial charge in [0.25, 0.3) is 5.69 Å². The van der Waals surface area contributed by atoms with Crippen LogP contribution in [0.4, 0.5) is 11.4 Å². The van der Waals surface area contributed by atoms with Crippen LogP contribution < -0.4 is 11.1 Å². The van der Waals surface area contributed by atoms with Gasteiger partial charge in [0.15, 0.2) is 0 Å². The molecule has 6 nitrogen and oxygen atoms in total. The van der Waals surface area contributed by atoms with E-state index >= 15 is 0 Å². The van der Waals surface area contributed by atoms with E-state index in [4.69, 9.17) is 5.73 Å². The third-order valence-electron chi connectivity index (χ3n) is 4.29. The van der Waals surface area contributed by atoms with Crippen molar-refractivity contribution in [3.05, 3.63) is 40.6 Å². The molecule has 1 heterocycles. The fourth-order valence-corrected chi connectivity index (χ4v) is 3.14. The number of anilines is 1. The Bertz CT molecular complexity index is 680. The van der Waals surface area contributed by atoms with Crippen molar-refractivity contribution in [1.82, 2.24) is 4.98 Å². The molecule has 21 heavy (non-hydrogen) atoms. The molecule has 0 atom stereocenters. The van der Waals surface area contributed by atoms with Gasteiger partial charge < -0.3 is 11.1 Å². The number of nitro groups is 1. The van der Waals surface area contributed by atoms with Crippen LogP contribution in [-0.4, -0.2) is 22.0 Å². The molecule has 0 radical (unpaired) electrons. The summed E-state index contributed by atoms with van der Waals surface area (Å²) in [5, 5.41) is 15.2. The fourth-order valence-electron chi connectivity index (χ4n) is 3.14. The lowest BCUT2D eigenvalue weighted by atomic mass is 9.97. The van der Waals surface area contributed by atoms with Crippen LogP contribution in [0.5, 0.6) is 0 Å². The van der Waals surface area contributed by atoms with Gasteiger partial charge in [-0.05, 0) is 31.0 Å². The number of rotatable bonds is 4. The van der Waals surface area contributed by atoms with Crippen molar-refractivity contribution in [3.63, 3.8) is 0 Å². The van der Waals surface area contributed by atoms with Crippen molar-refractivity contribution >= 4 is 22.3 Å². The van der Waals surface area contributed by atoms with E-state index < -0.39 is 0 Å². The number of nitrogens with zero attached hydrogens (tertiary/aromatic N) is 2. The molecular weight excluding hydrogens is 268 g/mol. The van der Waals surface area contributed by atoms with E-state index in [1.54, 1.807) is 24.4 Å². The van der Waals surface area contributed by atoms with Crippen molar-refractivity contribution in [3.8, 4) is 0 Å². The lowest BCUT2D eigenvalue weighted by Gasteiger charge is -2.30. The predicted molar refractivity (Wildman–Crippen MR) is 82.3 cm³/mol. The van der Waals surface area contributed by atoms with Gasteiger partial charge in [0.2, 0.25) is 0 Å². The Morgan fingerprint density at radius 2 is 2.10 bits per heavy atom. The molecule has 110 valence electrons. The molecule has 1 fully saturated rings. The number of hydrogen-bond donors (Lipinski definition) is 2. The summed E-state index contributed by atoms with van der Waals surface area (Å²) in [4.78, 5) is 15.1. The van der Waals surface area contributed by atoms with Gasteiger partial charge in [0, 0.05) is 24.3 Å². The molecule has 1 aliphatic rings. The van der Waals surface area contributed by atoms with Crippen LogP contribution in [-0.2, 0) is 0 Å². The first-order chi connectivity index (χ1) is 10.2. The maximum absolute atomic E-state index is 11.1. The third-order valence-corrected chi connectivity index (χ3v) is 4.29. The molecular formula is C15H18N4O2. The quantitative estimate of drug-likeness (QED) is 0.665. The molecule has 1 aromatic heterocycles. The number of aromatic nitrogens is 1. The van der Waals surface area contributed by atoms with Gasteiger partial charge in [-0.1, -0.05) is 12.8 Å². The van der Waals surface area contributed by atoms with E-state index in [0.717, 1.165) is 31.4 Å². The average Bonchev–Trinajstić information content (AvgIpc) is 2.96. The zero-order valence-electron chi connectivity index (χ0n) is 11.7. The van der Waals surface area contributed by atoms with Gasteiger partial charge in [-0.15, -0.1) is 0 Å². The van der Waals surface area contributed by atoms with Gasteiger partial charge in [-0.3, -0.25) is 15.1 Å². The molecule has 0 amide bonds. The predicted octanol–water partition coefficient (Wildman–Crippen LogP) is 2.83. The van der Waals surface area contributed by atoms with Crippen LogP contribution in [0.25, 0.3) is 10.9 Å². The maximum atomic E-state index is 11.1. The van der Waals surface area contributed by atoms with Gasteiger partial charge in [-0.25, -0.2) is 0 Å². The number of benzene rings is 1. The molecule has 1 aliphatic carbocycles. The maximum Gasteiger partial charge on any atom is 0.278 e. The molecule has 1 saturated carbocycles. The first-order valence-corrected chi connectivity index (χ1v) is 7.16. The van der Waals surface area contributed by atoms with Crippen molar-refractivity contribution in [2.45, 2.75) is 31.2 Å². The molecule has 0 bridgehead atoms. The van der Waals surface area contributed by atoms with Crippen LogP contribution in [0, 0.1) is 10.1 Å². The molecule has 3 rings (SSSR count). The number of nitro benzene ring substituents is 1. The number of pyridine rings is 1. The molecule has 3 N–H and O–H groups in total. The van der Waals surface area contributed by atoms with Crippen LogP contribution in [0.15, 0.2) is 30.5 Å². The van der Waals surface area contributed by atoms with E-state index in [0.29, 0.717) is 17.4 Å². The molecule has 0 aliphatic heterocycles. The molecule has 2 aromatic rings. The lowest BCUT2D eigenvalue weighted by molar-refractivity contribution is -0.383. The second-order valence-electron chi connectivity index (χ2n) is 5.61. The summed E-state index contributed by atoms with van der Waals surface area (Å²) in [5.74, 6) is 0. The van der Waals surface area contributed by atoms with Crippen molar-refractivity contribution in [2.75, 3.05) is 11.9 Å². The summed E-state index contributed by atoms with van der Waals surface area (Å²) < 4.78 is 0. The van der Waals surface area contributed by atoms with Crippen LogP contribution in [0.2, 0.25) is 0 Å². The zero-order chi connectivity index (χ0) is 14.9. The fraction of sp³-hybridized carbons (Fsp3) is 0.400. The Labute approximate surface area is 122 Å². The van der Waals surface area contributed by atoms with E-state index in [-0.39, 0.29) is 16.1 Å². The normalized spacial score (nSPS) is 17.0. The molecule has 0 unspecified atom stereocenters. The number of hydrogen-bond acceptors (Lipinski definition) is 5. The largest absolute Gasteiger partial charge is 0.377 e. The molecule has 0 saturated heterocycles. The highest BCUT2D eigenvalue weighted by atomic mass is 16.6. The number of nitrogens with one attached hydrogen (secondary N) is 1. The summed E-state index contributed by atoms with van der Waals surface area (Å²) in [7, 11) is 0. The second kappa shape index (κ2) is 5.29.